The molecule has 1 heterocycles. The van der Waals surface area contributed by atoms with Crippen LogP contribution in [0.4, 0.5) is 10.9 Å². The van der Waals surface area contributed by atoms with Crippen LogP contribution in [-0.4, -0.2) is 17.8 Å². The third-order valence-corrected chi connectivity index (χ3v) is 4.64. The summed E-state index contributed by atoms with van der Waals surface area (Å²) in [5, 5.41) is 7.22. The molecule has 27 heavy (non-hydrogen) atoms. The van der Waals surface area contributed by atoms with Gasteiger partial charge in [0.05, 0.1) is 12.8 Å². The number of hydrogen-bond acceptors (Lipinski definition) is 7. The van der Waals surface area contributed by atoms with E-state index in [-0.39, 0.29) is 0 Å². The second-order valence-corrected chi connectivity index (χ2v) is 6.73. The first-order chi connectivity index (χ1) is 13.2. The van der Waals surface area contributed by atoms with Gasteiger partial charge in [0.15, 0.2) is 11.5 Å². The molecule has 8 heteroatoms. The number of nitrogens with one attached hydrogen (secondary N) is 1. The van der Waals surface area contributed by atoms with Crippen molar-refractivity contribution in [3.05, 3.63) is 64.0 Å². The molecule has 0 aliphatic heterocycles. The van der Waals surface area contributed by atoms with E-state index in [0.29, 0.717) is 40.7 Å². The standard InChI is InChI=1S/C19H19ClN4O2S/c1-2-25-17-9-13(10-22-24-19-23-18(21)12-27-19)7-8-16(17)26-11-14-5-3-4-6-15(14)20/h3-10,12H,2,11,21H2,1H3,(H,23,24). The van der Waals surface area contributed by atoms with E-state index in [4.69, 9.17) is 26.8 Å². The van der Waals surface area contributed by atoms with Crippen LogP contribution in [0.2, 0.25) is 5.02 Å². The highest BCUT2D eigenvalue weighted by Gasteiger charge is 2.08. The molecule has 0 unspecified atom stereocenters. The average Bonchev–Trinajstić information content (AvgIpc) is 3.08. The van der Waals surface area contributed by atoms with Crippen molar-refractivity contribution in [1.82, 2.24) is 4.98 Å². The molecule has 6 nitrogen and oxygen atoms in total. The smallest absolute Gasteiger partial charge is 0.205 e. The number of aromatic nitrogens is 1. The van der Waals surface area contributed by atoms with E-state index in [1.807, 2.05) is 49.4 Å². The van der Waals surface area contributed by atoms with Gasteiger partial charge in [-0.05, 0) is 36.8 Å². The van der Waals surface area contributed by atoms with Crippen molar-refractivity contribution in [1.29, 1.82) is 0 Å². The zero-order chi connectivity index (χ0) is 19.1. The van der Waals surface area contributed by atoms with E-state index in [0.717, 1.165) is 11.1 Å². The van der Waals surface area contributed by atoms with Crippen LogP contribution >= 0.6 is 22.9 Å². The van der Waals surface area contributed by atoms with E-state index >= 15 is 0 Å². The van der Waals surface area contributed by atoms with Crippen molar-refractivity contribution < 1.29 is 9.47 Å². The molecule has 3 N–H and O–H groups in total. The highest BCUT2D eigenvalue weighted by atomic mass is 35.5. The molecule has 0 radical (unpaired) electrons. The lowest BCUT2D eigenvalue weighted by Crippen LogP contribution is -2.01. The van der Waals surface area contributed by atoms with Gasteiger partial charge in [0.25, 0.3) is 0 Å². The molecule has 140 valence electrons. The van der Waals surface area contributed by atoms with Crippen LogP contribution in [0.15, 0.2) is 52.9 Å². The summed E-state index contributed by atoms with van der Waals surface area (Å²) in [6.07, 6.45) is 1.68. The van der Waals surface area contributed by atoms with Gasteiger partial charge in [0.2, 0.25) is 5.13 Å². The maximum Gasteiger partial charge on any atom is 0.205 e. The van der Waals surface area contributed by atoms with Crippen molar-refractivity contribution >= 4 is 40.1 Å². The number of rotatable bonds is 8. The maximum absolute atomic E-state index is 6.18. The Morgan fingerprint density at radius 3 is 2.81 bits per heavy atom. The maximum atomic E-state index is 6.18. The SMILES string of the molecule is CCOc1cc(C=NNc2nc(N)cs2)ccc1OCc1ccccc1Cl. The number of nitrogens with zero attached hydrogens (tertiary/aromatic N) is 2. The van der Waals surface area contributed by atoms with Gasteiger partial charge in [-0.25, -0.2) is 4.98 Å². The van der Waals surface area contributed by atoms with Crippen LogP contribution in [-0.2, 0) is 6.61 Å². The van der Waals surface area contributed by atoms with Crippen molar-refractivity contribution in [2.75, 3.05) is 17.8 Å². The number of benzene rings is 2. The lowest BCUT2D eigenvalue weighted by molar-refractivity contribution is 0.269. The fourth-order valence-corrected chi connectivity index (χ4v) is 3.00. The van der Waals surface area contributed by atoms with Gasteiger partial charge in [0.1, 0.15) is 12.4 Å². The van der Waals surface area contributed by atoms with Crippen LogP contribution in [0.1, 0.15) is 18.1 Å². The zero-order valence-electron chi connectivity index (χ0n) is 14.7. The van der Waals surface area contributed by atoms with Crippen LogP contribution in [0.3, 0.4) is 0 Å². The summed E-state index contributed by atoms with van der Waals surface area (Å²) in [7, 11) is 0. The van der Waals surface area contributed by atoms with Crippen molar-refractivity contribution in [2.24, 2.45) is 5.10 Å². The molecule has 0 atom stereocenters. The van der Waals surface area contributed by atoms with Gasteiger partial charge in [-0.2, -0.15) is 5.10 Å². The first kappa shape index (κ1) is 19.0. The van der Waals surface area contributed by atoms with E-state index in [2.05, 4.69) is 15.5 Å². The number of hydrogen-bond donors (Lipinski definition) is 2. The zero-order valence-corrected chi connectivity index (χ0v) is 16.3. The van der Waals surface area contributed by atoms with Gasteiger partial charge in [-0.15, -0.1) is 11.3 Å². The highest BCUT2D eigenvalue weighted by Crippen LogP contribution is 2.29. The Morgan fingerprint density at radius 1 is 1.22 bits per heavy atom. The summed E-state index contributed by atoms with van der Waals surface area (Å²) in [5.74, 6) is 1.76. The number of ether oxygens (including phenoxy) is 2. The Hall–Kier alpha value is -2.77. The summed E-state index contributed by atoms with van der Waals surface area (Å²) < 4.78 is 11.6. The normalized spacial score (nSPS) is 10.9. The quantitative estimate of drug-likeness (QED) is 0.417. The Balaban J connectivity index is 1.69. The number of halogens is 1. The third kappa shape index (κ3) is 5.35. The summed E-state index contributed by atoms with van der Waals surface area (Å²) in [6, 6.07) is 13.2. The fourth-order valence-electron chi connectivity index (χ4n) is 2.26. The molecular weight excluding hydrogens is 384 g/mol. The Kier molecular flexibility index (Phi) is 6.51. The van der Waals surface area contributed by atoms with Gasteiger partial charge >= 0.3 is 0 Å². The lowest BCUT2D eigenvalue weighted by Gasteiger charge is -2.13. The van der Waals surface area contributed by atoms with E-state index < -0.39 is 0 Å². The number of anilines is 2. The van der Waals surface area contributed by atoms with E-state index in [1.165, 1.54) is 11.3 Å². The summed E-state index contributed by atoms with van der Waals surface area (Å²) in [6.45, 7) is 2.81. The first-order valence-corrected chi connectivity index (χ1v) is 9.54. The Bertz CT molecular complexity index is 930. The second kappa shape index (κ2) is 9.25. The van der Waals surface area contributed by atoms with Gasteiger partial charge in [0, 0.05) is 16.0 Å². The lowest BCUT2D eigenvalue weighted by atomic mass is 10.2. The third-order valence-electron chi connectivity index (χ3n) is 3.50. The van der Waals surface area contributed by atoms with Crippen LogP contribution in [0.5, 0.6) is 11.5 Å². The number of hydrazone groups is 1. The average molecular weight is 403 g/mol. The van der Waals surface area contributed by atoms with Crippen molar-refractivity contribution in [3.8, 4) is 11.5 Å². The monoisotopic (exact) mass is 402 g/mol. The number of nitrogen functional groups attached to an aromatic ring is 1. The molecule has 0 amide bonds. The highest BCUT2D eigenvalue weighted by molar-refractivity contribution is 7.14. The minimum atomic E-state index is 0.361. The van der Waals surface area contributed by atoms with Gasteiger partial charge < -0.3 is 15.2 Å². The van der Waals surface area contributed by atoms with Gasteiger partial charge in [-0.1, -0.05) is 29.8 Å². The van der Waals surface area contributed by atoms with Gasteiger partial charge in [-0.3, -0.25) is 5.43 Å². The summed E-state index contributed by atoms with van der Waals surface area (Å²) in [4.78, 5) is 4.08. The number of thiazole rings is 1. The predicted octanol–water partition coefficient (Wildman–Crippen LogP) is 4.80. The van der Waals surface area contributed by atoms with E-state index in [1.54, 1.807) is 11.6 Å². The second-order valence-electron chi connectivity index (χ2n) is 5.47. The molecule has 0 spiro atoms. The van der Waals surface area contributed by atoms with Crippen LogP contribution < -0.4 is 20.6 Å². The Labute approximate surface area is 166 Å². The summed E-state index contributed by atoms with van der Waals surface area (Å²) >= 11 is 7.57. The summed E-state index contributed by atoms with van der Waals surface area (Å²) in [5.41, 5.74) is 10.2. The fraction of sp³-hybridized carbons (Fsp3) is 0.158. The molecule has 0 fully saturated rings. The minimum Gasteiger partial charge on any atom is -0.490 e. The predicted molar refractivity (Wildman–Crippen MR) is 111 cm³/mol. The molecular formula is C19H19ClN4O2S. The molecule has 0 aliphatic rings. The molecule has 0 bridgehead atoms. The Morgan fingerprint density at radius 2 is 2.07 bits per heavy atom. The van der Waals surface area contributed by atoms with Crippen LogP contribution in [0, 0.1) is 0 Å². The molecule has 0 saturated heterocycles. The number of nitrogens with two attached hydrogens (primary N) is 1. The molecule has 2 aromatic carbocycles. The minimum absolute atomic E-state index is 0.361. The molecule has 3 aromatic rings. The molecule has 0 saturated carbocycles. The largest absolute Gasteiger partial charge is 0.490 e. The topological polar surface area (TPSA) is 81.8 Å². The van der Waals surface area contributed by atoms with Crippen molar-refractivity contribution in [2.45, 2.75) is 13.5 Å². The first-order valence-electron chi connectivity index (χ1n) is 8.29. The van der Waals surface area contributed by atoms with Crippen molar-refractivity contribution in [3.63, 3.8) is 0 Å². The van der Waals surface area contributed by atoms with Crippen LogP contribution in [0.25, 0.3) is 0 Å². The molecule has 1 aromatic heterocycles. The van der Waals surface area contributed by atoms with E-state index in [9.17, 15) is 0 Å². The molecule has 3 rings (SSSR count). The molecule has 0 aliphatic carbocycles.